The molecule has 7 heteroatoms. The summed E-state index contributed by atoms with van der Waals surface area (Å²) in [5.74, 6) is 0.404. The highest BCUT2D eigenvalue weighted by molar-refractivity contribution is 5.93. The highest BCUT2D eigenvalue weighted by Crippen LogP contribution is 2.23. The number of hydrogen-bond acceptors (Lipinski definition) is 4. The number of benzene rings is 2. The van der Waals surface area contributed by atoms with Gasteiger partial charge in [-0.1, -0.05) is 42.5 Å². The first-order valence-corrected chi connectivity index (χ1v) is 8.10. The Balaban J connectivity index is 1.70. The average molecular weight is 352 g/mol. The van der Waals surface area contributed by atoms with Crippen molar-refractivity contribution in [1.29, 1.82) is 0 Å². The van der Waals surface area contributed by atoms with E-state index in [1.807, 2.05) is 41.7 Å². The van der Waals surface area contributed by atoms with Crippen LogP contribution in [0, 0.1) is 10.1 Å². The zero-order valence-electron chi connectivity index (χ0n) is 13.9. The van der Waals surface area contributed by atoms with Gasteiger partial charge in [0, 0.05) is 11.6 Å². The van der Waals surface area contributed by atoms with Crippen molar-refractivity contribution in [3.63, 3.8) is 0 Å². The Morgan fingerprint density at radius 1 is 1.08 bits per heavy atom. The molecule has 0 bridgehead atoms. The minimum atomic E-state index is -0.519. The minimum Gasteiger partial charge on any atom is -0.463 e. The van der Waals surface area contributed by atoms with E-state index in [4.69, 9.17) is 4.42 Å². The SMILES string of the molecule is O=C(C[NH2+][C@H](c1ccccc1)c1ccco1)Nc1ccccc1[N+](=O)[O-]. The molecule has 0 saturated heterocycles. The Morgan fingerprint density at radius 3 is 2.50 bits per heavy atom. The molecule has 0 aliphatic carbocycles. The normalized spacial score (nSPS) is 11.7. The van der Waals surface area contributed by atoms with Gasteiger partial charge in [0.2, 0.25) is 0 Å². The lowest BCUT2D eigenvalue weighted by Crippen LogP contribution is -2.87. The number of carbonyl (C=O) groups is 1. The Labute approximate surface area is 149 Å². The second-order valence-electron chi connectivity index (χ2n) is 5.67. The van der Waals surface area contributed by atoms with Gasteiger partial charge in [-0.3, -0.25) is 14.9 Å². The topological polar surface area (TPSA) is 102 Å². The number of amides is 1. The lowest BCUT2D eigenvalue weighted by atomic mass is 10.0. The van der Waals surface area contributed by atoms with E-state index in [1.165, 1.54) is 12.1 Å². The molecule has 0 aliphatic heterocycles. The monoisotopic (exact) mass is 352 g/mol. The number of nitro benzene ring substituents is 1. The van der Waals surface area contributed by atoms with Crippen LogP contribution in [0.25, 0.3) is 0 Å². The lowest BCUT2D eigenvalue weighted by molar-refractivity contribution is -0.678. The number of nitrogens with zero attached hydrogens (tertiary/aromatic N) is 1. The zero-order valence-corrected chi connectivity index (χ0v) is 13.9. The first-order valence-electron chi connectivity index (χ1n) is 8.10. The number of quaternary nitrogens is 1. The van der Waals surface area contributed by atoms with Gasteiger partial charge in [-0.05, 0) is 18.2 Å². The predicted molar refractivity (Wildman–Crippen MR) is 95.5 cm³/mol. The maximum atomic E-state index is 12.3. The Hall–Kier alpha value is -3.45. The van der Waals surface area contributed by atoms with E-state index >= 15 is 0 Å². The van der Waals surface area contributed by atoms with Crippen LogP contribution in [0.5, 0.6) is 0 Å². The fraction of sp³-hybridized carbons (Fsp3) is 0.105. The molecule has 0 spiro atoms. The molecule has 132 valence electrons. The van der Waals surface area contributed by atoms with Crippen molar-refractivity contribution in [3.8, 4) is 0 Å². The van der Waals surface area contributed by atoms with Crippen LogP contribution >= 0.6 is 0 Å². The molecule has 0 fully saturated rings. The van der Waals surface area contributed by atoms with Crippen LogP contribution in [0.1, 0.15) is 17.4 Å². The molecule has 26 heavy (non-hydrogen) atoms. The van der Waals surface area contributed by atoms with Crippen molar-refractivity contribution in [1.82, 2.24) is 0 Å². The molecule has 0 saturated carbocycles. The van der Waals surface area contributed by atoms with Crippen molar-refractivity contribution in [2.24, 2.45) is 0 Å². The molecule has 7 nitrogen and oxygen atoms in total. The Kier molecular flexibility index (Phi) is 5.40. The third-order valence-corrected chi connectivity index (χ3v) is 3.92. The highest BCUT2D eigenvalue weighted by Gasteiger charge is 2.22. The summed E-state index contributed by atoms with van der Waals surface area (Å²) in [5.41, 5.74) is 1.05. The number of nitrogens with one attached hydrogen (secondary N) is 1. The number of para-hydroxylation sites is 2. The van der Waals surface area contributed by atoms with Gasteiger partial charge in [-0.2, -0.15) is 0 Å². The molecule has 1 heterocycles. The van der Waals surface area contributed by atoms with Gasteiger partial charge in [0.1, 0.15) is 5.69 Å². The van der Waals surface area contributed by atoms with Crippen LogP contribution in [0.4, 0.5) is 11.4 Å². The summed E-state index contributed by atoms with van der Waals surface area (Å²) in [6.07, 6.45) is 1.59. The molecule has 0 radical (unpaired) electrons. The minimum absolute atomic E-state index is 0.0896. The van der Waals surface area contributed by atoms with E-state index in [0.29, 0.717) is 0 Å². The van der Waals surface area contributed by atoms with Gasteiger partial charge in [-0.25, -0.2) is 0 Å². The summed E-state index contributed by atoms with van der Waals surface area (Å²) in [4.78, 5) is 22.8. The second kappa shape index (κ2) is 8.09. The number of furan rings is 1. The smallest absolute Gasteiger partial charge is 0.292 e. The summed E-state index contributed by atoms with van der Waals surface area (Å²) in [7, 11) is 0. The third-order valence-electron chi connectivity index (χ3n) is 3.92. The summed E-state index contributed by atoms with van der Waals surface area (Å²) in [6, 6.07) is 19.2. The highest BCUT2D eigenvalue weighted by atomic mass is 16.6. The van der Waals surface area contributed by atoms with Crippen LogP contribution in [0.15, 0.2) is 77.4 Å². The molecule has 3 N–H and O–H groups in total. The molecule has 1 amide bonds. The standard InChI is InChI=1S/C19H17N3O4/c23-18(21-15-9-4-5-10-16(15)22(24)25)13-20-19(17-11-6-12-26-17)14-7-2-1-3-8-14/h1-12,19-20H,13H2,(H,21,23)/p+1/t19-/m1/s1. The largest absolute Gasteiger partial charge is 0.463 e. The molecule has 0 aliphatic rings. The van der Waals surface area contributed by atoms with E-state index < -0.39 is 4.92 Å². The number of nitro groups is 1. The van der Waals surface area contributed by atoms with E-state index in [9.17, 15) is 14.9 Å². The van der Waals surface area contributed by atoms with Gasteiger partial charge < -0.3 is 15.1 Å². The van der Waals surface area contributed by atoms with Crippen molar-refractivity contribution in [2.45, 2.75) is 6.04 Å². The summed E-state index contributed by atoms with van der Waals surface area (Å²) < 4.78 is 5.50. The molecule has 3 aromatic rings. The van der Waals surface area contributed by atoms with E-state index in [-0.39, 0.29) is 29.9 Å². The van der Waals surface area contributed by atoms with Crippen LogP contribution in [-0.4, -0.2) is 17.4 Å². The quantitative estimate of drug-likeness (QED) is 0.504. The molecular weight excluding hydrogens is 334 g/mol. The number of nitrogens with two attached hydrogens (primary N) is 1. The van der Waals surface area contributed by atoms with Gasteiger partial charge in [-0.15, -0.1) is 0 Å². The number of anilines is 1. The van der Waals surface area contributed by atoms with Crippen LogP contribution in [-0.2, 0) is 4.79 Å². The molecular formula is C19H18N3O4+. The van der Waals surface area contributed by atoms with Gasteiger partial charge >= 0.3 is 0 Å². The summed E-state index contributed by atoms with van der Waals surface area (Å²) in [5, 5.41) is 15.5. The van der Waals surface area contributed by atoms with Crippen molar-refractivity contribution in [2.75, 3.05) is 11.9 Å². The lowest BCUT2D eigenvalue weighted by Gasteiger charge is -2.14. The number of hydrogen-bond donors (Lipinski definition) is 2. The molecule has 1 atom stereocenters. The number of carbonyl (C=O) groups excluding carboxylic acids is 1. The van der Waals surface area contributed by atoms with Crippen molar-refractivity contribution in [3.05, 3.63) is 94.4 Å². The predicted octanol–water partition coefficient (Wildman–Crippen LogP) is 2.48. The first kappa shape index (κ1) is 17.4. The van der Waals surface area contributed by atoms with E-state index in [2.05, 4.69) is 5.32 Å². The molecule has 1 aromatic heterocycles. The third kappa shape index (κ3) is 4.14. The molecule has 0 unspecified atom stereocenters. The fourth-order valence-electron chi connectivity index (χ4n) is 2.71. The van der Waals surface area contributed by atoms with Gasteiger partial charge in [0.15, 0.2) is 18.3 Å². The maximum absolute atomic E-state index is 12.3. The summed E-state index contributed by atoms with van der Waals surface area (Å²) in [6.45, 7) is 0.0896. The zero-order chi connectivity index (χ0) is 18.4. The maximum Gasteiger partial charge on any atom is 0.292 e. The van der Waals surface area contributed by atoms with Crippen LogP contribution in [0.2, 0.25) is 0 Å². The fourth-order valence-corrected chi connectivity index (χ4v) is 2.71. The molecule has 2 aromatic carbocycles. The number of rotatable bonds is 7. The van der Waals surface area contributed by atoms with Crippen LogP contribution in [0.3, 0.4) is 0 Å². The van der Waals surface area contributed by atoms with Gasteiger partial charge in [0.05, 0.1) is 11.2 Å². The van der Waals surface area contributed by atoms with Gasteiger partial charge in [0.25, 0.3) is 11.6 Å². The van der Waals surface area contributed by atoms with Crippen LogP contribution < -0.4 is 10.6 Å². The average Bonchev–Trinajstić information content (AvgIpc) is 3.17. The van der Waals surface area contributed by atoms with E-state index in [1.54, 1.807) is 24.5 Å². The Morgan fingerprint density at radius 2 is 1.81 bits per heavy atom. The first-order chi connectivity index (χ1) is 12.6. The summed E-state index contributed by atoms with van der Waals surface area (Å²) >= 11 is 0. The van der Waals surface area contributed by atoms with E-state index in [0.717, 1.165) is 11.3 Å². The molecule has 3 rings (SSSR count). The Bertz CT molecular complexity index is 879. The van der Waals surface area contributed by atoms with Crippen molar-refractivity contribution < 1.29 is 19.5 Å². The van der Waals surface area contributed by atoms with Crippen molar-refractivity contribution >= 4 is 17.3 Å². The second-order valence-corrected chi connectivity index (χ2v) is 5.67.